The summed E-state index contributed by atoms with van der Waals surface area (Å²) in [6, 6.07) is 4.31. The summed E-state index contributed by atoms with van der Waals surface area (Å²) < 4.78 is 7.42. The molecule has 1 rings (SSSR count). The number of benzene rings is 1. The minimum Gasteiger partial charge on any atom is -0.508 e. The normalized spacial score (nSPS) is 13.1. The summed E-state index contributed by atoms with van der Waals surface area (Å²) in [4.78, 5) is 65.4. The summed E-state index contributed by atoms with van der Waals surface area (Å²) >= 11 is 0. The topological polar surface area (TPSA) is 230 Å². The molecule has 14 nitrogen and oxygen atoms in total. The van der Waals surface area contributed by atoms with Gasteiger partial charge in [0.25, 0.3) is 0 Å². The Morgan fingerprint density at radius 3 is 2.44 bits per heavy atom. The van der Waals surface area contributed by atoms with Crippen LogP contribution < -0.4 is 38.1 Å². The first-order valence-electron chi connectivity index (χ1n) is 15.4. The van der Waals surface area contributed by atoms with Gasteiger partial charge < -0.3 is 37.3 Å². The third kappa shape index (κ3) is 19.7. The van der Waals surface area contributed by atoms with Crippen LogP contribution in [-0.2, 0) is 30.4 Å². The third-order valence-corrected chi connectivity index (χ3v) is 8.67. The number of Topliss-reactive ketones (excluding diaryl/α,β-unsaturated/α-hetero) is 2. The number of aliphatic imine (C=N–C) groups is 1. The van der Waals surface area contributed by atoms with Crippen LogP contribution in [-0.4, -0.2) is 103 Å². The number of carbonyl (C=O) groups excluding carboxylic acids is 5. The molecule has 0 aromatic heterocycles. The molecule has 0 fully saturated rings. The zero-order valence-corrected chi connectivity index (χ0v) is 27.4. The van der Waals surface area contributed by atoms with E-state index in [9.17, 15) is 29.1 Å². The predicted molar refractivity (Wildman–Crippen MR) is 180 cm³/mol. The van der Waals surface area contributed by atoms with Gasteiger partial charge in [0.1, 0.15) is 12.0 Å². The molecular formula is C29H48N8O6S2. The molecule has 1 unspecified atom stereocenters. The molecule has 1 aromatic carbocycles. The maximum atomic E-state index is 12.8. The minimum atomic E-state index is -0.842. The number of nitrogens with one attached hydrogen (secondary N) is 5. The molecule has 0 saturated carbocycles. The van der Waals surface area contributed by atoms with Crippen molar-refractivity contribution >= 4 is 57.2 Å². The van der Waals surface area contributed by atoms with E-state index in [-0.39, 0.29) is 61.8 Å². The average molecular weight is 670 g/mol. The Labute approximate surface area is 274 Å². The van der Waals surface area contributed by atoms with Gasteiger partial charge in [0.2, 0.25) is 11.8 Å². The maximum absolute atomic E-state index is 12.8. The van der Waals surface area contributed by atoms with Crippen LogP contribution in [0.5, 0.6) is 5.75 Å². The van der Waals surface area contributed by atoms with Crippen molar-refractivity contribution in [2.45, 2.75) is 64.1 Å². The molecule has 0 aliphatic heterocycles. The number of guanidine groups is 1. The number of rotatable bonds is 26. The first-order chi connectivity index (χ1) is 22.1. The Morgan fingerprint density at radius 2 is 1.78 bits per heavy atom. The Hall–Kier alpha value is -3.18. The van der Waals surface area contributed by atoms with Crippen molar-refractivity contribution < 1.29 is 30.4 Å². The SMILES string of the molecule is [2H]CC(=O)[C@H](Cc1ccc(O)cc1)NC(=O)CCSSCC(NC(=O)CNCN[C@H](C=O)CCCN=C(N)N)C(=O)CCNCC. The van der Waals surface area contributed by atoms with Gasteiger partial charge in [0, 0.05) is 45.5 Å². The van der Waals surface area contributed by atoms with Crippen LogP contribution >= 0.6 is 21.6 Å². The van der Waals surface area contributed by atoms with Crippen LogP contribution in [0.1, 0.15) is 46.4 Å². The highest BCUT2D eigenvalue weighted by molar-refractivity contribution is 8.76. The Balaban J connectivity index is 2.50. The second-order valence-corrected chi connectivity index (χ2v) is 12.6. The number of nitrogens with zero attached hydrogens (tertiary/aromatic N) is 1. The smallest absolute Gasteiger partial charge is 0.234 e. The molecule has 0 aliphatic rings. The van der Waals surface area contributed by atoms with Crippen molar-refractivity contribution in [3.63, 3.8) is 0 Å². The number of hydrogen-bond acceptors (Lipinski definition) is 12. The third-order valence-electron chi connectivity index (χ3n) is 6.26. The number of phenols is 1. The monoisotopic (exact) mass is 669 g/mol. The first kappa shape index (κ1) is 38.0. The summed E-state index contributed by atoms with van der Waals surface area (Å²) in [5.41, 5.74) is 11.3. The molecule has 10 N–H and O–H groups in total. The lowest BCUT2D eigenvalue weighted by Crippen LogP contribution is -2.48. The van der Waals surface area contributed by atoms with E-state index in [1.54, 1.807) is 12.1 Å². The summed E-state index contributed by atoms with van der Waals surface area (Å²) in [6.45, 7) is 3.22. The van der Waals surface area contributed by atoms with Crippen molar-refractivity contribution in [2.24, 2.45) is 16.5 Å². The van der Waals surface area contributed by atoms with Gasteiger partial charge in [-0.25, -0.2) is 0 Å². The van der Waals surface area contributed by atoms with E-state index >= 15 is 0 Å². The van der Waals surface area contributed by atoms with Crippen LogP contribution in [0.15, 0.2) is 29.3 Å². The number of aldehydes is 1. The molecule has 0 radical (unpaired) electrons. The van der Waals surface area contributed by atoms with Crippen molar-refractivity contribution in [3.05, 3.63) is 29.8 Å². The van der Waals surface area contributed by atoms with E-state index < -0.39 is 30.8 Å². The fraction of sp³-hybridized carbons (Fsp3) is 0.586. The van der Waals surface area contributed by atoms with Crippen molar-refractivity contribution in [1.29, 1.82) is 0 Å². The Kier molecular flexibility index (Phi) is 20.4. The summed E-state index contributed by atoms with van der Waals surface area (Å²) in [6.07, 6.45) is 2.49. The van der Waals surface area contributed by atoms with Crippen LogP contribution in [0, 0.1) is 0 Å². The quantitative estimate of drug-likeness (QED) is 0.0157. The van der Waals surface area contributed by atoms with E-state index in [0.717, 1.165) is 11.8 Å². The van der Waals surface area contributed by atoms with Gasteiger partial charge >= 0.3 is 0 Å². The molecule has 1 aromatic rings. The standard InChI is InChI=1S/C29H48N8O6S2/c1-3-32-13-10-26(41)25(37-28(43)16-33-19-35-22(17-38)5-4-12-34-29(30)31)18-45-44-14-11-27(42)36-24(20(2)39)15-21-6-8-23(40)9-7-21/h6-9,17,22,24-25,32-33,35,40H,3-5,10-16,18-19H2,1-2H3,(H,36,42)(H,37,43)(H4,30,31,34)/t22-,24-,25?/m0/s1/i2D. The number of aromatic hydroxyl groups is 1. The first-order valence-corrected chi connectivity index (χ1v) is 17.2. The van der Waals surface area contributed by atoms with Gasteiger partial charge in [0.15, 0.2) is 17.5 Å². The van der Waals surface area contributed by atoms with Gasteiger partial charge in [-0.05, 0) is 50.4 Å². The maximum Gasteiger partial charge on any atom is 0.234 e. The predicted octanol–water partition coefficient (Wildman–Crippen LogP) is -0.409. The number of phenolic OH excluding ortho intramolecular Hbond substituents is 1. The molecule has 2 amide bonds. The lowest BCUT2D eigenvalue weighted by molar-refractivity contribution is -0.126. The van der Waals surface area contributed by atoms with Crippen molar-refractivity contribution in [1.82, 2.24) is 26.6 Å². The van der Waals surface area contributed by atoms with Gasteiger partial charge in [-0.1, -0.05) is 40.6 Å². The molecule has 45 heavy (non-hydrogen) atoms. The van der Waals surface area contributed by atoms with E-state index in [4.69, 9.17) is 12.8 Å². The Morgan fingerprint density at radius 1 is 1.04 bits per heavy atom. The number of nitrogens with two attached hydrogens (primary N) is 2. The zero-order chi connectivity index (χ0) is 34.2. The van der Waals surface area contributed by atoms with Gasteiger partial charge in [-0.2, -0.15) is 0 Å². The van der Waals surface area contributed by atoms with E-state index in [2.05, 4.69) is 31.6 Å². The largest absolute Gasteiger partial charge is 0.508 e. The van der Waals surface area contributed by atoms with Gasteiger partial charge in [-0.15, -0.1) is 0 Å². The molecule has 0 saturated heterocycles. The second-order valence-electron chi connectivity index (χ2n) is 10.0. The minimum absolute atomic E-state index is 0.00558. The second kappa shape index (κ2) is 24.1. The molecule has 0 aliphatic carbocycles. The molecule has 16 heteroatoms. The van der Waals surface area contributed by atoms with Crippen molar-refractivity contribution in [2.75, 3.05) is 44.4 Å². The van der Waals surface area contributed by atoms with Crippen LogP contribution in [0.2, 0.25) is 0 Å². The fourth-order valence-corrected chi connectivity index (χ4v) is 6.02. The fourth-order valence-electron chi connectivity index (χ4n) is 3.83. The molecule has 3 atom stereocenters. The molecule has 0 spiro atoms. The molecular weight excluding hydrogens is 621 g/mol. The number of ketones is 2. The van der Waals surface area contributed by atoms with E-state index in [1.807, 2.05) is 6.92 Å². The highest BCUT2D eigenvalue weighted by atomic mass is 33.1. The van der Waals surface area contributed by atoms with Gasteiger partial charge in [-0.3, -0.25) is 34.8 Å². The van der Waals surface area contributed by atoms with E-state index in [0.29, 0.717) is 44.0 Å². The van der Waals surface area contributed by atoms with Crippen LogP contribution in [0.4, 0.5) is 0 Å². The van der Waals surface area contributed by atoms with E-state index in [1.165, 1.54) is 33.7 Å². The molecule has 252 valence electrons. The van der Waals surface area contributed by atoms with Gasteiger partial charge in [0.05, 0.1) is 24.7 Å². The molecule has 0 heterocycles. The summed E-state index contributed by atoms with van der Waals surface area (Å²) in [5.74, 6) is -0.454. The number of amides is 2. The van der Waals surface area contributed by atoms with Crippen LogP contribution in [0.25, 0.3) is 0 Å². The lowest BCUT2D eigenvalue weighted by Gasteiger charge is -2.18. The molecule has 0 bridgehead atoms. The zero-order valence-electron chi connectivity index (χ0n) is 26.7. The summed E-state index contributed by atoms with van der Waals surface area (Å²) in [5, 5.41) is 23.9. The number of carbonyl (C=O) groups is 5. The Bertz CT molecular complexity index is 1110. The highest BCUT2D eigenvalue weighted by Gasteiger charge is 2.21. The van der Waals surface area contributed by atoms with Crippen LogP contribution in [0.3, 0.4) is 0 Å². The highest BCUT2D eigenvalue weighted by Crippen LogP contribution is 2.23. The number of hydrogen-bond donors (Lipinski definition) is 8. The summed E-state index contributed by atoms with van der Waals surface area (Å²) in [7, 11) is 2.73. The lowest BCUT2D eigenvalue weighted by atomic mass is 10.0. The average Bonchev–Trinajstić information content (AvgIpc) is 3.03. The van der Waals surface area contributed by atoms with Crippen molar-refractivity contribution in [3.8, 4) is 5.75 Å².